The van der Waals surface area contributed by atoms with Crippen LogP contribution in [0, 0.1) is 5.92 Å². The molecule has 3 fully saturated rings. The Morgan fingerprint density at radius 2 is 1.89 bits per heavy atom. The minimum Gasteiger partial charge on any atom is -0.497 e. The maximum Gasteiger partial charge on any atom is 0.433 e. The molecule has 2 saturated heterocycles. The van der Waals surface area contributed by atoms with E-state index in [0.717, 1.165) is 48.0 Å². The molecule has 4 aliphatic rings. The summed E-state index contributed by atoms with van der Waals surface area (Å²) in [5.74, 6) is 1.20. The molecule has 0 spiro atoms. The summed E-state index contributed by atoms with van der Waals surface area (Å²) in [5.41, 5.74) is 0.0643. The molecule has 2 aliphatic carbocycles. The second-order valence-corrected chi connectivity index (χ2v) is 11.6. The van der Waals surface area contributed by atoms with Gasteiger partial charge in [0.15, 0.2) is 0 Å². The van der Waals surface area contributed by atoms with Gasteiger partial charge in [-0.15, -0.1) is 0 Å². The van der Waals surface area contributed by atoms with E-state index in [2.05, 4.69) is 22.1 Å². The third-order valence-corrected chi connectivity index (χ3v) is 9.56. The number of fused-ring (bicyclic) bond motifs is 1. The van der Waals surface area contributed by atoms with E-state index in [1.807, 2.05) is 6.07 Å². The topological polar surface area (TPSA) is 70.8 Å². The van der Waals surface area contributed by atoms with Crippen LogP contribution in [0.4, 0.5) is 13.2 Å². The molecule has 2 aliphatic heterocycles. The molecule has 7 nitrogen and oxygen atoms in total. The lowest BCUT2D eigenvalue weighted by atomic mass is 9.52. The minimum absolute atomic E-state index is 0.0297. The summed E-state index contributed by atoms with van der Waals surface area (Å²) in [5, 5.41) is 16.6. The number of likely N-dealkylation sites (tertiary alicyclic amines) is 2. The molecule has 6 rings (SSSR count). The standard InChI is InChI=1S/C28H35F3N4O3/c1-33-24(28(29,30)31)14-20(32-33)15-25(36)34-10-7-26-8-11-35(17-18-3-4-18)23(27(26,37)9-12-34)13-19-5-6-21(38-2)16-22(19)26/h5-6,14,16,18,23,37H,3-4,7-13,15,17H2,1-2H3. The number of rotatable bonds is 5. The number of methoxy groups -OCH3 is 1. The number of alkyl halides is 3. The van der Waals surface area contributed by atoms with E-state index >= 15 is 0 Å². The van der Waals surface area contributed by atoms with Gasteiger partial charge in [0.1, 0.15) is 11.4 Å². The van der Waals surface area contributed by atoms with E-state index in [1.54, 1.807) is 12.0 Å². The Morgan fingerprint density at radius 3 is 2.58 bits per heavy atom. The number of amides is 1. The van der Waals surface area contributed by atoms with Gasteiger partial charge in [-0.1, -0.05) is 6.07 Å². The molecule has 38 heavy (non-hydrogen) atoms. The number of carbonyl (C=O) groups is 1. The van der Waals surface area contributed by atoms with E-state index in [1.165, 1.54) is 25.5 Å². The Morgan fingerprint density at radius 1 is 1.16 bits per heavy atom. The van der Waals surface area contributed by atoms with Gasteiger partial charge >= 0.3 is 6.18 Å². The molecule has 0 radical (unpaired) electrons. The van der Waals surface area contributed by atoms with E-state index in [-0.39, 0.29) is 24.1 Å². The zero-order chi connectivity index (χ0) is 26.9. The first-order valence-electron chi connectivity index (χ1n) is 13.6. The normalized spacial score (nSPS) is 29.4. The van der Waals surface area contributed by atoms with Crippen molar-refractivity contribution in [3.63, 3.8) is 0 Å². The minimum atomic E-state index is -4.53. The van der Waals surface area contributed by atoms with Crippen LogP contribution in [-0.4, -0.2) is 75.5 Å². The molecule has 2 aromatic rings. The van der Waals surface area contributed by atoms with Crippen molar-refractivity contribution in [3.8, 4) is 5.75 Å². The number of piperidine rings is 1. The highest BCUT2D eigenvalue weighted by Crippen LogP contribution is 2.56. The van der Waals surface area contributed by atoms with Gasteiger partial charge in [0.2, 0.25) is 5.91 Å². The number of halogens is 3. The first kappa shape index (κ1) is 25.7. The maximum absolute atomic E-state index is 13.3. The lowest BCUT2D eigenvalue weighted by Gasteiger charge is -2.61. The van der Waals surface area contributed by atoms with Crippen molar-refractivity contribution in [3.05, 3.63) is 46.8 Å². The van der Waals surface area contributed by atoms with Crippen LogP contribution in [0.5, 0.6) is 5.75 Å². The zero-order valence-electron chi connectivity index (χ0n) is 21.9. The van der Waals surface area contributed by atoms with E-state index in [4.69, 9.17) is 4.74 Å². The Labute approximate surface area is 220 Å². The average molecular weight is 533 g/mol. The van der Waals surface area contributed by atoms with Crippen LogP contribution in [0.25, 0.3) is 0 Å². The smallest absolute Gasteiger partial charge is 0.433 e. The fourth-order valence-electron chi connectivity index (χ4n) is 7.38. The summed E-state index contributed by atoms with van der Waals surface area (Å²) >= 11 is 0. The molecule has 1 N–H and O–H groups in total. The molecule has 1 saturated carbocycles. The molecule has 1 aromatic heterocycles. The molecular formula is C28H35F3N4O3. The molecular weight excluding hydrogens is 497 g/mol. The van der Waals surface area contributed by atoms with Gasteiger partial charge in [0.05, 0.1) is 24.8 Å². The fourth-order valence-corrected chi connectivity index (χ4v) is 7.38. The number of ether oxygens (including phenoxy) is 1. The monoisotopic (exact) mass is 532 g/mol. The van der Waals surface area contributed by atoms with E-state index in [9.17, 15) is 23.1 Å². The summed E-state index contributed by atoms with van der Waals surface area (Å²) in [6.07, 6.45) is 0.338. The van der Waals surface area contributed by atoms with Gasteiger partial charge in [0.25, 0.3) is 0 Å². The number of nitrogens with zero attached hydrogens (tertiary/aromatic N) is 4. The lowest BCUT2D eigenvalue weighted by Crippen LogP contribution is -2.71. The largest absolute Gasteiger partial charge is 0.497 e. The SMILES string of the molecule is COc1ccc2c(c1)C13CCN(C(=O)Cc4cc(C(F)(F)F)n(C)n4)CCC1(O)C(C2)N(CC1CC1)CC3. The molecule has 3 heterocycles. The van der Waals surface area contributed by atoms with Crippen LogP contribution in [0.1, 0.15) is 54.6 Å². The van der Waals surface area contributed by atoms with Crippen molar-refractivity contribution < 1.29 is 27.8 Å². The highest BCUT2D eigenvalue weighted by molar-refractivity contribution is 5.78. The molecule has 206 valence electrons. The van der Waals surface area contributed by atoms with E-state index < -0.39 is 22.9 Å². The van der Waals surface area contributed by atoms with Crippen molar-refractivity contribution in [1.82, 2.24) is 19.6 Å². The second-order valence-electron chi connectivity index (χ2n) is 11.6. The maximum atomic E-state index is 13.3. The number of hydrogen-bond donors (Lipinski definition) is 1. The number of carbonyl (C=O) groups excluding carboxylic acids is 1. The molecule has 1 aromatic carbocycles. The molecule has 3 atom stereocenters. The Hall–Kier alpha value is -2.59. The molecule has 1 amide bonds. The van der Waals surface area contributed by atoms with Gasteiger partial charge < -0.3 is 14.7 Å². The second kappa shape index (κ2) is 8.98. The van der Waals surface area contributed by atoms with Crippen LogP contribution in [-0.2, 0) is 36.3 Å². The van der Waals surface area contributed by atoms with Gasteiger partial charge in [-0.2, -0.15) is 18.3 Å². The summed E-state index contributed by atoms with van der Waals surface area (Å²) in [7, 11) is 2.88. The number of hydrogen-bond acceptors (Lipinski definition) is 5. The molecule has 10 heteroatoms. The number of aryl methyl sites for hydroxylation is 1. The summed E-state index contributed by atoms with van der Waals surface area (Å²) < 4.78 is 46.0. The summed E-state index contributed by atoms with van der Waals surface area (Å²) in [6.45, 7) is 2.70. The third kappa shape index (κ3) is 4.11. The predicted octanol–water partition coefficient (Wildman–Crippen LogP) is 3.32. The quantitative estimate of drug-likeness (QED) is 0.640. The number of benzene rings is 1. The van der Waals surface area contributed by atoms with Gasteiger partial charge in [-0.05, 0) is 80.3 Å². The number of aliphatic hydroxyl groups is 1. The predicted molar refractivity (Wildman–Crippen MR) is 134 cm³/mol. The van der Waals surface area contributed by atoms with Gasteiger partial charge in [-0.3, -0.25) is 14.4 Å². The molecule has 2 bridgehead atoms. The Bertz CT molecular complexity index is 1240. The van der Waals surface area contributed by atoms with Crippen molar-refractivity contribution in [1.29, 1.82) is 0 Å². The lowest BCUT2D eigenvalue weighted by molar-refractivity contribution is -0.149. The summed E-state index contributed by atoms with van der Waals surface area (Å²) in [6, 6.07) is 7.09. The van der Waals surface area contributed by atoms with Crippen molar-refractivity contribution >= 4 is 5.91 Å². The average Bonchev–Trinajstić information content (AvgIpc) is 3.63. The highest BCUT2D eigenvalue weighted by Gasteiger charge is 2.63. The highest BCUT2D eigenvalue weighted by atomic mass is 19.4. The van der Waals surface area contributed by atoms with Crippen LogP contribution < -0.4 is 4.74 Å². The van der Waals surface area contributed by atoms with Crippen molar-refractivity contribution in [2.75, 3.05) is 33.3 Å². The Balaban J connectivity index is 1.30. The first-order valence-corrected chi connectivity index (χ1v) is 13.6. The summed E-state index contributed by atoms with van der Waals surface area (Å²) in [4.78, 5) is 17.5. The van der Waals surface area contributed by atoms with Crippen LogP contribution in [0.3, 0.4) is 0 Å². The van der Waals surface area contributed by atoms with Crippen LogP contribution >= 0.6 is 0 Å². The van der Waals surface area contributed by atoms with Crippen LogP contribution in [0.15, 0.2) is 24.3 Å². The zero-order valence-corrected chi connectivity index (χ0v) is 21.9. The van der Waals surface area contributed by atoms with Crippen LogP contribution in [0.2, 0.25) is 0 Å². The number of aromatic nitrogens is 2. The molecule has 3 unspecified atom stereocenters. The third-order valence-electron chi connectivity index (χ3n) is 9.56. The Kier molecular flexibility index (Phi) is 6.07. The van der Waals surface area contributed by atoms with Crippen molar-refractivity contribution in [2.24, 2.45) is 13.0 Å². The van der Waals surface area contributed by atoms with Gasteiger partial charge in [0, 0.05) is 38.1 Å². The van der Waals surface area contributed by atoms with Gasteiger partial charge in [-0.25, -0.2) is 0 Å². The first-order chi connectivity index (χ1) is 18.0. The fraction of sp³-hybridized carbons (Fsp3) is 0.643. The van der Waals surface area contributed by atoms with Crippen molar-refractivity contribution in [2.45, 2.75) is 68.2 Å². The van der Waals surface area contributed by atoms with E-state index in [0.29, 0.717) is 31.8 Å².